The second-order valence-electron chi connectivity index (χ2n) is 8.69. The summed E-state index contributed by atoms with van der Waals surface area (Å²) in [6.45, 7) is 3.80. The smallest absolute Gasteiger partial charge is 0.335 e. The predicted molar refractivity (Wildman–Crippen MR) is 151 cm³/mol. The Balaban J connectivity index is 1.80. The number of nitrogens with zero attached hydrogens (tertiary/aromatic N) is 4. The molecule has 1 N–H and O–H groups in total. The predicted octanol–water partition coefficient (Wildman–Crippen LogP) is 6.39. The molecule has 0 saturated carbocycles. The number of carboxylic acid groups (broad SMARTS) is 1. The summed E-state index contributed by atoms with van der Waals surface area (Å²) in [5, 5.41) is 25.7. The minimum absolute atomic E-state index is 0.0800. The van der Waals surface area contributed by atoms with Gasteiger partial charge in [0.2, 0.25) is 5.75 Å². The molecule has 10 nitrogen and oxygen atoms in total. The normalized spacial score (nSPS) is 12.1. The van der Waals surface area contributed by atoms with Crippen molar-refractivity contribution in [3.8, 4) is 5.75 Å². The second-order valence-corrected chi connectivity index (χ2v) is 10.0. The fourth-order valence-electron chi connectivity index (χ4n) is 3.79. The molecule has 0 fully saturated rings. The largest absolute Gasteiger partial charge is 0.481 e. The molecule has 0 spiro atoms. The Bertz CT molecular complexity index is 1670. The molecule has 12 heteroatoms. The van der Waals surface area contributed by atoms with Gasteiger partial charge in [-0.05, 0) is 48.4 Å². The molecular weight excluding hydrogens is 592 g/mol. The van der Waals surface area contributed by atoms with Gasteiger partial charge in [0.1, 0.15) is 12.4 Å². The molecule has 0 aliphatic heterocycles. The van der Waals surface area contributed by atoms with Crippen molar-refractivity contribution >= 4 is 56.3 Å². The van der Waals surface area contributed by atoms with E-state index >= 15 is 0 Å². The molecule has 4 aromatic rings. The molecule has 200 valence electrons. The van der Waals surface area contributed by atoms with Crippen molar-refractivity contribution in [1.82, 2.24) is 9.66 Å². The summed E-state index contributed by atoms with van der Waals surface area (Å²) in [6.07, 6.45) is 1.97. The molecule has 1 aromatic heterocycles. The zero-order valence-electron chi connectivity index (χ0n) is 20.8. The Hall–Kier alpha value is -4.09. The second kappa shape index (κ2) is 11.7. The van der Waals surface area contributed by atoms with E-state index < -0.39 is 16.5 Å². The Morgan fingerprint density at radius 1 is 1.26 bits per heavy atom. The number of aromatic nitrogens is 2. The lowest BCUT2D eigenvalue weighted by atomic mass is 10.1. The standard InChI is InChI=1S/C27H22BrClN4O6/c1-3-15(2)25-31-22-9-8-19(28)11-21(22)26(34)32(25)30-13-18-10-20(29)12-23(33(37)38)24(18)39-14-16-4-6-17(7-5-16)27(35)36/h4-13,15H,3,14H2,1-2H3,(H,35,36)/t15-/m0/s1. The van der Waals surface area contributed by atoms with Crippen LogP contribution in [0.4, 0.5) is 5.69 Å². The molecule has 4 rings (SSSR count). The fourth-order valence-corrected chi connectivity index (χ4v) is 4.37. The van der Waals surface area contributed by atoms with E-state index in [1.807, 2.05) is 13.8 Å². The van der Waals surface area contributed by atoms with Gasteiger partial charge in [-0.25, -0.2) is 9.78 Å². The Morgan fingerprint density at radius 3 is 2.62 bits per heavy atom. The molecule has 0 saturated heterocycles. The van der Waals surface area contributed by atoms with Crippen LogP contribution in [0.2, 0.25) is 5.02 Å². The van der Waals surface area contributed by atoms with Crippen molar-refractivity contribution in [3.63, 3.8) is 0 Å². The average molecular weight is 614 g/mol. The van der Waals surface area contributed by atoms with Crippen LogP contribution in [0.1, 0.15) is 53.5 Å². The highest BCUT2D eigenvalue weighted by molar-refractivity contribution is 9.10. The SMILES string of the molecule is CC[C@H](C)c1nc2ccc(Br)cc2c(=O)n1N=Cc1cc(Cl)cc([N+](=O)[O-])c1OCc1ccc(C(=O)O)cc1. The first-order chi connectivity index (χ1) is 18.6. The number of rotatable bonds is 9. The molecule has 0 bridgehead atoms. The number of halogens is 2. The van der Waals surface area contributed by atoms with E-state index in [1.165, 1.54) is 29.1 Å². The van der Waals surface area contributed by atoms with Gasteiger partial charge in [-0.15, -0.1) is 0 Å². The van der Waals surface area contributed by atoms with Gasteiger partial charge in [-0.3, -0.25) is 14.9 Å². The van der Waals surface area contributed by atoms with Crippen molar-refractivity contribution < 1.29 is 19.6 Å². The highest BCUT2D eigenvalue weighted by Crippen LogP contribution is 2.34. The van der Waals surface area contributed by atoms with E-state index in [4.69, 9.17) is 21.4 Å². The maximum atomic E-state index is 13.4. The Morgan fingerprint density at radius 2 is 1.97 bits per heavy atom. The van der Waals surface area contributed by atoms with E-state index in [0.29, 0.717) is 33.2 Å². The first-order valence-electron chi connectivity index (χ1n) is 11.8. The van der Waals surface area contributed by atoms with Gasteiger partial charge in [0.25, 0.3) is 5.56 Å². The quantitative estimate of drug-likeness (QED) is 0.131. The molecule has 39 heavy (non-hydrogen) atoms. The summed E-state index contributed by atoms with van der Waals surface area (Å²) in [6, 6.07) is 13.7. The van der Waals surface area contributed by atoms with Crippen molar-refractivity contribution in [2.24, 2.45) is 5.10 Å². The number of nitro groups is 1. The monoisotopic (exact) mass is 612 g/mol. The highest BCUT2D eigenvalue weighted by Gasteiger charge is 2.22. The number of hydrogen-bond acceptors (Lipinski definition) is 7. The topological polar surface area (TPSA) is 137 Å². The van der Waals surface area contributed by atoms with Gasteiger partial charge in [0.15, 0.2) is 0 Å². The average Bonchev–Trinajstić information content (AvgIpc) is 2.91. The van der Waals surface area contributed by atoms with E-state index in [1.54, 1.807) is 30.3 Å². The molecule has 1 heterocycles. The molecule has 0 amide bonds. The molecule has 0 aliphatic rings. The summed E-state index contributed by atoms with van der Waals surface area (Å²) >= 11 is 9.56. The first kappa shape index (κ1) is 27.9. The molecular formula is C27H22BrClN4O6. The van der Waals surface area contributed by atoms with Gasteiger partial charge in [0.05, 0.1) is 27.6 Å². The lowest BCUT2D eigenvalue weighted by molar-refractivity contribution is -0.385. The lowest BCUT2D eigenvalue weighted by Crippen LogP contribution is -2.23. The Kier molecular flexibility index (Phi) is 8.41. The van der Waals surface area contributed by atoms with Gasteiger partial charge < -0.3 is 9.84 Å². The van der Waals surface area contributed by atoms with E-state index in [2.05, 4.69) is 26.0 Å². The summed E-state index contributed by atoms with van der Waals surface area (Å²) in [7, 11) is 0. The van der Waals surface area contributed by atoms with Crippen molar-refractivity contribution in [1.29, 1.82) is 0 Å². The molecule has 1 atom stereocenters. The van der Waals surface area contributed by atoms with Gasteiger partial charge >= 0.3 is 11.7 Å². The molecule has 3 aromatic carbocycles. The molecule has 0 unspecified atom stereocenters. The van der Waals surface area contributed by atoms with Crippen LogP contribution >= 0.6 is 27.5 Å². The third kappa shape index (κ3) is 6.15. The van der Waals surface area contributed by atoms with Crippen LogP contribution in [0.3, 0.4) is 0 Å². The number of carbonyl (C=O) groups is 1. The number of nitro benzene ring substituents is 1. The van der Waals surface area contributed by atoms with E-state index in [-0.39, 0.29) is 40.1 Å². The third-order valence-corrected chi connectivity index (χ3v) is 6.75. The van der Waals surface area contributed by atoms with Crippen LogP contribution in [0.5, 0.6) is 5.75 Å². The number of fused-ring (bicyclic) bond motifs is 1. The van der Waals surface area contributed by atoms with Crippen LogP contribution in [0.25, 0.3) is 10.9 Å². The summed E-state index contributed by atoms with van der Waals surface area (Å²) in [5.41, 5.74) is 0.606. The van der Waals surface area contributed by atoms with Gasteiger partial charge in [0, 0.05) is 27.0 Å². The number of aromatic carboxylic acids is 1. The lowest BCUT2D eigenvalue weighted by Gasteiger charge is -2.14. The van der Waals surface area contributed by atoms with E-state index in [0.717, 1.165) is 6.07 Å². The van der Waals surface area contributed by atoms with Crippen LogP contribution in [0.15, 0.2) is 69.0 Å². The maximum Gasteiger partial charge on any atom is 0.335 e. The molecule has 0 aliphatic carbocycles. The van der Waals surface area contributed by atoms with Crippen LogP contribution in [-0.2, 0) is 6.61 Å². The summed E-state index contributed by atoms with van der Waals surface area (Å²) in [4.78, 5) is 40.4. The van der Waals surface area contributed by atoms with Gasteiger partial charge in [-0.1, -0.05) is 53.5 Å². The Labute approximate surface area is 235 Å². The number of ether oxygens (including phenoxy) is 1. The zero-order valence-corrected chi connectivity index (χ0v) is 23.1. The van der Waals surface area contributed by atoms with E-state index in [9.17, 15) is 19.7 Å². The third-order valence-electron chi connectivity index (χ3n) is 6.04. The number of hydrogen-bond donors (Lipinski definition) is 1. The van der Waals surface area contributed by atoms with Crippen LogP contribution < -0.4 is 10.3 Å². The zero-order chi connectivity index (χ0) is 28.3. The van der Waals surface area contributed by atoms with Crippen molar-refractivity contribution in [2.75, 3.05) is 0 Å². The fraction of sp³-hybridized carbons (Fsp3) is 0.185. The summed E-state index contributed by atoms with van der Waals surface area (Å²) in [5.74, 6) is -0.853. The summed E-state index contributed by atoms with van der Waals surface area (Å²) < 4.78 is 7.72. The highest BCUT2D eigenvalue weighted by atomic mass is 79.9. The number of carboxylic acids is 1. The van der Waals surface area contributed by atoms with Crippen LogP contribution in [0, 0.1) is 10.1 Å². The van der Waals surface area contributed by atoms with Crippen LogP contribution in [-0.4, -0.2) is 31.9 Å². The van der Waals surface area contributed by atoms with Gasteiger partial charge in [-0.2, -0.15) is 9.78 Å². The maximum absolute atomic E-state index is 13.4. The van der Waals surface area contributed by atoms with Crippen molar-refractivity contribution in [2.45, 2.75) is 32.8 Å². The minimum Gasteiger partial charge on any atom is -0.481 e. The van der Waals surface area contributed by atoms with Crippen molar-refractivity contribution in [3.05, 3.63) is 107 Å². The first-order valence-corrected chi connectivity index (χ1v) is 13.0. The molecule has 0 radical (unpaired) electrons. The minimum atomic E-state index is -1.07. The number of benzene rings is 3.